The monoisotopic (exact) mass is 268 g/mol. The van der Waals surface area contributed by atoms with Crippen LogP contribution in [0.4, 0.5) is 0 Å². The number of rotatable bonds is 3. The van der Waals surface area contributed by atoms with E-state index in [-0.39, 0.29) is 6.61 Å². The Kier molecular flexibility index (Phi) is 3.89. The Labute approximate surface area is 109 Å². The maximum Gasteiger partial charge on any atom is 0.146 e. The van der Waals surface area contributed by atoms with Gasteiger partial charge in [0.25, 0.3) is 0 Å². The third-order valence-electron chi connectivity index (χ3n) is 2.20. The van der Waals surface area contributed by atoms with E-state index in [1.807, 2.05) is 0 Å². The van der Waals surface area contributed by atoms with Crippen LogP contribution in [0.15, 0.2) is 42.5 Å². The van der Waals surface area contributed by atoms with Gasteiger partial charge < -0.3 is 9.84 Å². The molecule has 0 heterocycles. The standard InChI is InChI=1S/C13H10Cl2O2/c14-10-2-1-3-11(7-10)17-13-5-4-9(8-16)6-12(13)15/h1-7,16H,8H2. The predicted molar refractivity (Wildman–Crippen MR) is 68.9 cm³/mol. The fourth-order valence-electron chi connectivity index (χ4n) is 1.38. The third kappa shape index (κ3) is 3.13. The van der Waals surface area contributed by atoms with Gasteiger partial charge in [0.2, 0.25) is 0 Å². The maximum atomic E-state index is 8.96. The first-order valence-electron chi connectivity index (χ1n) is 5.02. The number of benzene rings is 2. The molecular formula is C13H10Cl2O2. The highest BCUT2D eigenvalue weighted by atomic mass is 35.5. The molecule has 0 saturated heterocycles. The van der Waals surface area contributed by atoms with Crippen molar-refractivity contribution in [2.75, 3.05) is 0 Å². The molecule has 0 aromatic heterocycles. The molecule has 4 heteroatoms. The van der Waals surface area contributed by atoms with Gasteiger partial charge in [0.1, 0.15) is 11.5 Å². The van der Waals surface area contributed by atoms with Crippen LogP contribution in [0, 0.1) is 0 Å². The molecule has 2 aromatic rings. The predicted octanol–water partition coefficient (Wildman–Crippen LogP) is 4.28. The molecule has 0 aliphatic carbocycles. The van der Waals surface area contributed by atoms with Crippen molar-refractivity contribution in [1.29, 1.82) is 0 Å². The molecule has 0 aliphatic rings. The van der Waals surface area contributed by atoms with Gasteiger partial charge in [0.15, 0.2) is 0 Å². The van der Waals surface area contributed by atoms with Crippen LogP contribution >= 0.6 is 23.2 Å². The second-order valence-corrected chi connectivity index (χ2v) is 4.33. The Morgan fingerprint density at radius 1 is 1.06 bits per heavy atom. The van der Waals surface area contributed by atoms with Crippen LogP contribution in [0.5, 0.6) is 11.5 Å². The van der Waals surface area contributed by atoms with Crippen LogP contribution in [0.2, 0.25) is 10.0 Å². The van der Waals surface area contributed by atoms with Crippen LogP contribution < -0.4 is 4.74 Å². The molecule has 0 bridgehead atoms. The van der Waals surface area contributed by atoms with Gasteiger partial charge in [-0.05, 0) is 35.9 Å². The summed E-state index contributed by atoms with van der Waals surface area (Å²) < 4.78 is 5.59. The highest BCUT2D eigenvalue weighted by Gasteiger charge is 2.04. The topological polar surface area (TPSA) is 29.5 Å². The Morgan fingerprint density at radius 2 is 1.88 bits per heavy atom. The van der Waals surface area contributed by atoms with Crippen LogP contribution in [0.3, 0.4) is 0 Å². The molecule has 0 radical (unpaired) electrons. The average molecular weight is 269 g/mol. The van der Waals surface area contributed by atoms with Gasteiger partial charge in [-0.3, -0.25) is 0 Å². The van der Waals surface area contributed by atoms with E-state index >= 15 is 0 Å². The fraction of sp³-hybridized carbons (Fsp3) is 0.0769. The summed E-state index contributed by atoms with van der Waals surface area (Å²) in [6, 6.07) is 12.2. The molecule has 2 rings (SSSR count). The Bertz CT molecular complexity index is 527. The van der Waals surface area contributed by atoms with E-state index in [2.05, 4.69) is 0 Å². The average Bonchev–Trinajstić information content (AvgIpc) is 2.32. The quantitative estimate of drug-likeness (QED) is 0.901. The second-order valence-electron chi connectivity index (χ2n) is 3.48. The summed E-state index contributed by atoms with van der Waals surface area (Å²) in [5.74, 6) is 1.15. The molecule has 0 saturated carbocycles. The minimum Gasteiger partial charge on any atom is -0.456 e. The SMILES string of the molecule is OCc1ccc(Oc2cccc(Cl)c2)c(Cl)c1. The lowest BCUT2D eigenvalue weighted by molar-refractivity contribution is 0.281. The summed E-state index contributed by atoms with van der Waals surface area (Å²) in [6.07, 6.45) is 0. The van der Waals surface area contributed by atoms with Gasteiger partial charge in [0.05, 0.1) is 11.6 Å². The van der Waals surface area contributed by atoms with Crippen molar-refractivity contribution < 1.29 is 9.84 Å². The minimum absolute atomic E-state index is 0.0445. The molecule has 2 nitrogen and oxygen atoms in total. The van der Waals surface area contributed by atoms with Crippen molar-refractivity contribution in [2.45, 2.75) is 6.61 Å². The zero-order chi connectivity index (χ0) is 12.3. The van der Waals surface area contributed by atoms with Crippen molar-refractivity contribution in [1.82, 2.24) is 0 Å². The Morgan fingerprint density at radius 3 is 2.53 bits per heavy atom. The normalized spacial score (nSPS) is 10.3. The lowest BCUT2D eigenvalue weighted by Gasteiger charge is -2.08. The Balaban J connectivity index is 2.24. The van der Waals surface area contributed by atoms with Crippen molar-refractivity contribution >= 4 is 23.2 Å². The number of hydrogen-bond donors (Lipinski definition) is 1. The first-order valence-corrected chi connectivity index (χ1v) is 5.77. The Hall–Kier alpha value is -1.22. The van der Waals surface area contributed by atoms with E-state index in [4.69, 9.17) is 33.0 Å². The number of hydrogen-bond acceptors (Lipinski definition) is 2. The van der Waals surface area contributed by atoms with E-state index in [0.29, 0.717) is 21.5 Å². The van der Waals surface area contributed by atoms with E-state index in [0.717, 1.165) is 5.56 Å². The van der Waals surface area contributed by atoms with Gasteiger partial charge in [-0.2, -0.15) is 0 Å². The molecular weight excluding hydrogens is 259 g/mol. The van der Waals surface area contributed by atoms with Crippen molar-refractivity contribution in [2.24, 2.45) is 0 Å². The van der Waals surface area contributed by atoms with Crippen molar-refractivity contribution in [3.05, 3.63) is 58.1 Å². The molecule has 1 N–H and O–H groups in total. The summed E-state index contributed by atoms with van der Waals surface area (Å²) in [7, 11) is 0. The number of ether oxygens (including phenoxy) is 1. The van der Waals surface area contributed by atoms with Crippen molar-refractivity contribution in [3.63, 3.8) is 0 Å². The molecule has 2 aromatic carbocycles. The van der Waals surface area contributed by atoms with Gasteiger partial charge in [-0.1, -0.05) is 35.3 Å². The maximum absolute atomic E-state index is 8.96. The number of aliphatic hydroxyl groups excluding tert-OH is 1. The molecule has 0 atom stereocenters. The van der Waals surface area contributed by atoms with Gasteiger partial charge in [-0.15, -0.1) is 0 Å². The highest BCUT2D eigenvalue weighted by Crippen LogP contribution is 2.31. The number of halogens is 2. The first kappa shape index (κ1) is 12.2. The molecule has 88 valence electrons. The lowest BCUT2D eigenvalue weighted by Crippen LogP contribution is -1.88. The summed E-state index contributed by atoms with van der Waals surface area (Å²) in [5, 5.41) is 10.0. The van der Waals surface area contributed by atoms with Crippen LogP contribution in [0.25, 0.3) is 0 Å². The fourth-order valence-corrected chi connectivity index (χ4v) is 1.80. The molecule has 0 unspecified atom stereocenters. The highest BCUT2D eigenvalue weighted by molar-refractivity contribution is 6.32. The summed E-state index contributed by atoms with van der Waals surface area (Å²) >= 11 is 11.9. The summed E-state index contributed by atoms with van der Waals surface area (Å²) in [4.78, 5) is 0. The van der Waals surface area contributed by atoms with E-state index in [1.165, 1.54) is 0 Å². The van der Waals surface area contributed by atoms with Gasteiger partial charge in [0, 0.05) is 5.02 Å². The van der Waals surface area contributed by atoms with Crippen molar-refractivity contribution in [3.8, 4) is 11.5 Å². The molecule has 0 spiro atoms. The van der Waals surface area contributed by atoms with Gasteiger partial charge in [-0.25, -0.2) is 0 Å². The zero-order valence-electron chi connectivity index (χ0n) is 8.86. The minimum atomic E-state index is -0.0445. The first-order chi connectivity index (χ1) is 8.19. The van der Waals surface area contributed by atoms with E-state index < -0.39 is 0 Å². The molecule has 0 fully saturated rings. The number of aliphatic hydroxyl groups is 1. The van der Waals surface area contributed by atoms with E-state index in [1.54, 1.807) is 42.5 Å². The van der Waals surface area contributed by atoms with E-state index in [9.17, 15) is 0 Å². The molecule has 17 heavy (non-hydrogen) atoms. The largest absolute Gasteiger partial charge is 0.456 e. The van der Waals surface area contributed by atoms with Crippen LogP contribution in [-0.2, 0) is 6.61 Å². The zero-order valence-corrected chi connectivity index (χ0v) is 10.4. The van der Waals surface area contributed by atoms with Crippen LogP contribution in [-0.4, -0.2) is 5.11 Å². The smallest absolute Gasteiger partial charge is 0.146 e. The second kappa shape index (κ2) is 5.41. The molecule has 0 aliphatic heterocycles. The van der Waals surface area contributed by atoms with Gasteiger partial charge >= 0.3 is 0 Å². The lowest BCUT2D eigenvalue weighted by atomic mass is 10.2. The third-order valence-corrected chi connectivity index (χ3v) is 2.73. The summed E-state index contributed by atoms with van der Waals surface area (Å²) in [6.45, 7) is -0.0445. The van der Waals surface area contributed by atoms with Crippen LogP contribution in [0.1, 0.15) is 5.56 Å². The summed E-state index contributed by atoms with van der Waals surface area (Å²) in [5.41, 5.74) is 0.744. The molecule has 0 amide bonds.